The third-order valence-electron chi connectivity index (χ3n) is 3.37. The number of nitrogens with zero attached hydrogens (tertiary/aromatic N) is 1. The van der Waals surface area contributed by atoms with Crippen LogP contribution in [0.3, 0.4) is 0 Å². The van der Waals surface area contributed by atoms with Gasteiger partial charge < -0.3 is 9.84 Å². The molecule has 0 amide bonds. The maximum Gasteiger partial charge on any atom is 0.279 e. The van der Waals surface area contributed by atoms with Gasteiger partial charge in [-0.2, -0.15) is 17.4 Å². The molecule has 1 aliphatic heterocycles. The minimum absolute atomic E-state index is 0.0984. The zero-order valence-electron chi connectivity index (χ0n) is 10.9. The lowest BCUT2D eigenvalue weighted by Crippen LogP contribution is -2.52. The van der Waals surface area contributed by atoms with Crippen molar-refractivity contribution in [3.8, 4) is 0 Å². The minimum Gasteiger partial charge on any atom is -0.391 e. The van der Waals surface area contributed by atoms with Gasteiger partial charge in [-0.05, 0) is 32.6 Å². The molecule has 2 rings (SSSR count). The van der Waals surface area contributed by atoms with Crippen molar-refractivity contribution in [3.63, 3.8) is 0 Å². The average Bonchev–Trinajstić information content (AvgIpc) is 3.08. The van der Waals surface area contributed by atoms with Gasteiger partial charge in [-0.25, -0.2) is 0 Å². The highest BCUT2D eigenvalue weighted by atomic mass is 32.2. The topological polar surface area (TPSA) is 78.9 Å². The van der Waals surface area contributed by atoms with Crippen molar-refractivity contribution in [2.45, 2.75) is 45.0 Å². The van der Waals surface area contributed by atoms with Crippen LogP contribution in [-0.2, 0) is 14.9 Å². The smallest absolute Gasteiger partial charge is 0.279 e. The summed E-state index contributed by atoms with van der Waals surface area (Å²) in [5.41, 5.74) is 0. The molecule has 2 N–H and O–H groups in total. The first kappa shape index (κ1) is 14.2. The van der Waals surface area contributed by atoms with E-state index in [-0.39, 0.29) is 24.7 Å². The standard InChI is InChI=1S/C11H22N2O4S/c1-8-6-13(7-9(2)17-8)18(15,16)12-5-11(14)10-3-4-10/h8-12,14H,3-7H2,1-2H3/t8-,9-,11+/m1/s1. The molecule has 1 aliphatic carbocycles. The average molecular weight is 278 g/mol. The summed E-state index contributed by atoms with van der Waals surface area (Å²) in [6.07, 6.45) is 1.23. The number of nitrogens with one attached hydrogen (secondary N) is 1. The summed E-state index contributed by atoms with van der Waals surface area (Å²) in [6, 6.07) is 0. The molecule has 0 bridgehead atoms. The monoisotopic (exact) mass is 278 g/mol. The molecule has 2 aliphatic rings. The molecule has 0 unspecified atom stereocenters. The van der Waals surface area contributed by atoms with Gasteiger partial charge in [-0.1, -0.05) is 0 Å². The van der Waals surface area contributed by atoms with Crippen molar-refractivity contribution in [1.29, 1.82) is 0 Å². The van der Waals surface area contributed by atoms with E-state index in [0.717, 1.165) is 12.8 Å². The fourth-order valence-electron chi connectivity index (χ4n) is 2.26. The van der Waals surface area contributed by atoms with Crippen molar-refractivity contribution < 1.29 is 18.3 Å². The van der Waals surface area contributed by atoms with Crippen molar-refractivity contribution >= 4 is 10.2 Å². The van der Waals surface area contributed by atoms with E-state index in [4.69, 9.17) is 4.74 Å². The Bertz CT molecular complexity index is 373. The molecule has 2 fully saturated rings. The molecule has 0 aromatic carbocycles. The van der Waals surface area contributed by atoms with Crippen LogP contribution in [0.5, 0.6) is 0 Å². The zero-order chi connectivity index (χ0) is 13.3. The van der Waals surface area contributed by atoms with Gasteiger partial charge in [0.25, 0.3) is 10.2 Å². The maximum absolute atomic E-state index is 12.1. The van der Waals surface area contributed by atoms with E-state index < -0.39 is 16.3 Å². The lowest BCUT2D eigenvalue weighted by atomic mass is 10.2. The number of aliphatic hydroxyl groups is 1. The number of hydrogen-bond acceptors (Lipinski definition) is 4. The Morgan fingerprint density at radius 2 is 1.89 bits per heavy atom. The lowest BCUT2D eigenvalue weighted by molar-refractivity contribution is -0.0444. The second-order valence-electron chi connectivity index (χ2n) is 5.33. The molecular weight excluding hydrogens is 256 g/mol. The molecule has 1 saturated carbocycles. The third-order valence-corrected chi connectivity index (χ3v) is 4.88. The van der Waals surface area contributed by atoms with Crippen molar-refractivity contribution in [1.82, 2.24) is 9.03 Å². The Balaban J connectivity index is 1.88. The summed E-state index contributed by atoms with van der Waals surface area (Å²) in [7, 11) is -3.51. The normalized spacial score (nSPS) is 32.4. The Labute approximate surface area is 108 Å². The largest absolute Gasteiger partial charge is 0.391 e. The summed E-state index contributed by atoms with van der Waals surface area (Å²) in [5.74, 6) is 0.273. The van der Waals surface area contributed by atoms with E-state index in [1.165, 1.54) is 4.31 Å². The number of rotatable bonds is 5. The third kappa shape index (κ3) is 3.64. The summed E-state index contributed by atoms with van der Waals surface area (Å²) in [6.45, 7) is 4.54. The molecule has 1 saturated heterocycles. The minimum atomic E-state index is -3.51. The predicted octanol–water partition coefficient (Wildman–Crippen LogP) is -0.299. The van der Waals surface area contributed by atoms with Gasteiger partial charge in [0.1, 0.15) is 0 Å². The van der Waals surface area contributed by atoms with E-state index in [2.05, 4.69) is 4.72 Å². The molecule has 3 atom stereocenters. The van der Waals surface area contributed by atoms with Crippen LogP contribution < -0.4 is 4.72 Å². The predicted molar refractivity (Wildman–Crippen MR) is 67.2 cm³/mol. The van der Waals surface area contributed by atoms with Crippen LogP contribution in [-0.4, -0.2) is 55.8 Å². The van der Waals surface area contributed by atoms with Crippen LogP contribution in [0.2, 0.25) is 0 Å². The van der Waals surface area contributed by atoms with Gasteiger partial charge >= 0.3 is 0 Å². The summed E-state index contributed by atoms with van der Waals surface area (Å²) in [4.78, 5) is 0. The highest BCUT2D eigenvalue weighted by Crippen LogP contribution is 2.32. The molecule has 0 aromatic heterocycles. The highest BCUT2D eigenvalue weighted by molar-refractivity contribution is 7.87. The summed E-state index contributed by atoms with van der Waals surface area (Å²) in [5, 5.41) is 9.68. The Hall–Kier alpha value is -0.210. The van der Waals surface area contributed by atoms with Crippen LogP contribution in [0.1, 0.15) is 26.7 Å². The fourth-order valence-corrected chi connectivity index (χ4v) is 3.63. The van der Waals surface area contributed by atoms with Crippen molar-refractivity contribution in [2.24, 2.45) is 5.92 Å². The molecule has 18 heavy (non-hydrogen) atoms. The Kier molecular flexibility index (Phi) is 4.28. The molecule has 6 nitrogen and oxygen atoms in total. The highest BCUT2D eigenvalue weighted by Gasteiger charge is 2.34. The fraction of sp³-hybridized carbons (Fsp3) is 1.00. The Morgan fingerprint density at radius 1 is 1.33 bits per heavy atom. The quantitative estimate of drug-likeness (QED) is 0.724. The van der Waals surface area contributed by atoms with Crippen molar-refractivity contribution in [3.05, 3.63) is 0 Å². The van der Waals surface area contributed by atoms with E-state index in [9.17, 15) is 13.5 Å². The van der Waals surface area contributed by atoms with E-state index >= 15 is 0 Å². The second-order valence-corrected chi connectivity index (χ2v) is 7.09. The summed E-state index contributed by atoms with van der Waals surface area (Å²) < 4.78 is 33.5. The van der Waals surface area contributed by atoms with Crippen LogP contribution >= 0.6 is 0 Å². The Morgan fingerprint density at radius 3 is 2.39 bits per heavy atom. The van der Waals surface area contributed by atoms with E-state index in [0.29, 0.717) is 13.1 Å². The molecule has 0 aromatic rings. The van der Waals surface area contributed by atoms with Crippen LogP contribution in [0.25, 0.3) is 0 Å². The van der Waals surface area contributed by atoms with Gasteiger partial charge in [0.15, 0.2) is 0 Å². The first-order chi connectivity index (χ1) is 8.38. The molecule has 7 heteroatoms. The van der Waals surface area contributed by atoms with Gasteiger partial charge in [0.2, 0.25) is 0 Å². The van der Waals surface area contributed by atoms with Crippen LogP contribution in [0, 0.1) is 5.92 Å². The molecule has 1 heterocycles. The van der Waals surface area contributed by atoms with E-state index in [1.54, 1.807) is 0 Å². The van der Waals surface area contributed by atoms with Gasteiger partial charge in [-0.3, -0.25) is 0 Å². The van der Waals surface area contributed by atoms with E-state index in [1.807, 2.05) is 13.8 Å². The molecular formula is C11H22N2O4S. The number of aliphatic hydroxyl groups excluding tert-OH is 1. The summed E-state index contributed by atoms with van der Waals surface area (Å²) >= 11 is 0. The molecule has 0 radical (unpaired) electrons. The maximum atomic E-state index is 12.1. The molecule has 106 valence electrons. The zero-order valence-corrected chi connectivity index (χ0v) is 11.7. The second kappa shape index (κ2) is 5.42. The van der Waals surface area contributed by atoms with Gasteiger partial charge in [-0.15, -0.1) is 0 Å². The lowest BCUT2D eigenvalue weighted by Gasteiger charge is -2.34. The van der Waals surface area contributed by atoms with Crippen LogP contribution in [0.15, 0.2) is 0 Å². The number of ether oxygens (including phenoxy) is 1. The van der Waals surface area contributed by atoms with Crippen molar-refractivity contribution in [2.75, 3.05) is 19.6 Å². The number of morpholine rings is 1. The molecule has 0 spiro atoms. The number of hydrogen-bond donors (Lipinski definition) is 2. The van der Waals surface area contributed by atoms with Gasteiger partial charge in [0.05, 0.1) is 18.3 Å². The SMILES string of the molecule is C[C@@H]1CN(S(=O)(=O)NC[C@H](O)C2CC2)C[C@@H](C)O1. The van der Waals surface area contributed by atoms with Gasteiger partial charge in [0, 0.05) is 19.6 Å². The first-order valence-corrected chi connectivity index (χ1v) is 7.90. The van der Waals surface area contributed by atoms with Crippen LogP contribution in [0.4, 0.5) is 0 Å². The first-order valence-electron chi connectivity index (χ1n) is 6.46.